The van der Waals surface area contributed by atoms with Gasteiger partial charge in [0.05, 0.1) is 17.9 Å². The second kappa shape index (κ2) is 12.3. The van der Waals surface area contributed by atoms with Crippen LogP contribution in [0.25, 0.3) is 17.1 Å². The lowest BCUT2D eigenvalue weighted by atomic mass is 10.1. The number of guanidine groups is 1. The van der Waals surface area contributed by atoms with Crippen molar-refractivity contribution in [2.45, 2.75) is 26.8 Å². The Bertz CT molecular complexity index is 1200. The Labute approximate surface area is 215 Å². The van der Waals surface area contributed by atoms with Gasteiger partial charge in [0.25, 0.3) is 0 Å². The fourth-order valence-corrected chi connectivity index (χ4v) is 3.25. The van der Waals surface area contributed by atoms with E-state index in [0.717, 1.165) is 35.6 Å². The zero-order chi connectivity index (χ0) is 23.0. The summed E-state index contributed by atoms with van der Waals surface area (Å²) in [5, 5.41) is 11.1. The summed E-state index contributed by atoms with van der Waals surface area (Å²) in [6.45, 7) is 5.89. The Hall–Kier alpha value is -3.21. The van der Waals surface area contributed by atoms with Gasteiger partial charge in [-0.1, -0.05) is 17.7 Å². The molecule has 2 aromatic heterocycles. The van der Waals surface area contributed by atoms with Crippen LogP contribution in [0.4, 0.5) is 4.39 Å². The van der Waals surface area contributed by atoms with Crippen molar-refractivity contribution in [3.8, 4) is 17.1 Å². The van der Waals surface area contributed by atoms with Gasteiger partial charge in [0, 0.05) is 31.3 Å². The van der Waals surface area contributed by atoms with Gasteiger partial charge >= 0.3 is 0 Å². The predicted octanol–water partition coefficient (Wildman–Crippen LogP) is 4.89. The molecule has 0 atom stereocenters. The van der Waals surface area contributed by atoms with Gasteiger partial charge in [-0.2, -0.15) is 5.10 Å². The summed E-state index contributed by atoms with van der Waals surface area (Å²) in [7, 11) is 0. The number of halogens is 2. The molecule has 0 bridgehead atoms. The van der Waals surface area contributed by atoms with Gasteiger partial charge in [0.15, 0.2) is 5.96 Å². The van der Waals surface area contributed by atoms with E-state index in [1.165, 1.54) is 17.7 Å². The van der Waals surface area contributed by atoms with Crippen LogP contribution in [0.3, 0.4) is 0 Å². The third kappa shape index (κ3) is 6.89. The number of aryl methyl sites for hydroxylation is 1. The van der Waals surface area contributed by atoms with E-state index in [0.29, 0.717) is 24.9 Å². The highest BCUT2D eigenvalue weighted by atomic mass is 127. The van der Waals surface area contributed by atoms with E-state index in [9.17, 15) is 4.39 Å². The van der Waals surface area contributed by atoms with Gasteiger partial charge in [-0.3, -0.25) is 0 Å². The van der Waals surface area contributed by atoms with E-state index in [1.807, 2.05) is 50.4 Å². The topological polar surface area (TPSA) is 80.3 Å². The molecule has 0 amide bonds. The van der Waals surface area contributed by atoms with Crippen LogP contribution in [0.15, 0.2) is 76.5 Å². The number of rotatable bonds is 8. The molecule has 2 N–H and O–H groups in total. The summed E-state index contributed by atoms with van der Waals surface area (Å²) in [4.78, 5) is 9.15. The van der Waals surface area contributed by atoms with Crippen LogP contribution < -0.4 is 10.6 Å². The normalized spacial score (nSPS) is 11.2. The standard InChI is InChI=1S/C25H27FN6O.HI/c1-3-27-25(29-16-22-17-33-24(30-22)19-6-4-18(2)5-7-19)28-14-12-21-13-15-32(31-21)23-10-8-20(26)9-11-23;/h4-11,13,15,17H,3,12,14,16H2,1-2H3,(H2,27,28,29);1H. The van der Waals surface area contributed by atoms with Gasteiger partial charge in [-0.05, 0) is 56.3 Å². The molecule has 0 aliphatic carbocycles. The lowest BCUT2D eigenvalue weighted by molar-refractivity contribution is 0.572. The third-order valence-corrected chi connectivity index (χ3v) is 5.00. The van der Waals surface area contributed by atoms with Gasteiger partial charge < -0.3 is 15.1 Å². The fourth-order valence-electron chi connectivity index (χ4n) is 3.25. The Balaban J connectivity index is 0.00000324. The first kappa shape index (κ1) is 25.4. The molecule has 178 valence electrons. The number of benzene rings is 2. The van der Waals surface area contributed by atoms with E-state index in [2.05, 4.69) is 25.7 Å². The maximum atomic E-state index is 13.1. The molecule has 34 heavy (non-hydrogen) atoms. The molecule has 0 radical (unpaired) electrons. The van der Waals surface area contributed by atoms with Crippen LogP contribution in [-0.4, -0.2) is 33.8 Å². The third-order valence-electron chi connectivity index (χ3n) is 5.00. The summed E-state index contributed by atoms with van der Waals surface area (Å²) < 4.78 is 20.5. The number of aliphatic imine (C=N–C) groups is 1. The molecule has 9 heteroatoms. The Morgan fingerprint density at radius 1 is 1.03 bits per heavy atom. The summed E-state index contributed by atoms with van der Waals surface area (Å²) in [6, 6.07) is 16.3. The van der Waals surface area contributed by atoms with Crippen LogP contribution in [0.2, 0.25) is 0 Å². The molecular formula is C25H28FIN6O. The molecule has 0 saturated carbocycles. The zero-order valence-corrected chi connectivity index (χ0v) is 21.5. The van der Waals surface area contributed by atoms with E-state index < -0.39 is 0 Å². The molecule has 0 aliphatic heterocycles. The smallest absolute Gasteiger partial charge is 0.226 e. The van der Waals surface area contributed by atoms with Gasteiger partial charge in [-0.25, -0.2) is 19.0 Å². The van der Waals surface area contributed by atoms with Crippen molar-refractivity contribution in [1.82, 2.24) is 25.4 Å². The molecule has 0 fully saturated rings. The number of aromatic nitrogens is 3. The first-order chi connectivity index (χ1) is 16.1. The van der Waals surface area contributed by atoms with Gasteiger partial charge in [0.2, 0.25) is 5.89 Å². The fraction of sp³-hybridized carbons (Fsp3) is 0.240. The minimum absolute atomic E-state index is 0. The summed E-state index contributed by atoms with van der Waals surface area (Å²) in [5.41, 5.74) is 4.66. The van der Waals surface area contributed by atoms with Crippen LogP contribution in [-0.2, 0) is 13.0 Å². The van der Waals surface area contributed by atoms with Crippen molar-refractivity contribution >= 4 is 29.9 Å². The summed E-state index contributed by atoms with van der Waals surface area (Å²) in [6.07, 6.45) is 4.24. The average Bonchev–Trinajstić information content (AvgIpc) is 3.49. The average molecular weight is 574 g/mol. The largest absolute Gasteiger partial charge is 0.444 e. The number of hydrogen-bond donors (Lipinski definition) is 2. The molecule has 4 aromatic rings. The molecule has 2 heterocycles. The highest BCUT2D eigenvalue weighted by Crippen LogP contribution is 2.19. The SMILES string of the molecule is CCNC(=NCc1coc(-c2ccc(C)cc2)n1)NCCc1ccn(-c2ccc(F)cc2)n1.I. The Morgan fingerprint density at radius 2 is 1.79 bits per heavy atom. The number of nitrogens with zero attached hydrogens (tertiary/aromatic N) is 4. The lowest BCUT2D eigenvalue weighted by Crippen LogP contribution is -2.38. The molecule has 2 aromatic carbocycles. The molecule has 7 nitrogen and oxygen atoms in total. The Kier molecular flexibility index (Phi) is 9.20. The second-order valence-corrected chi connectivity index (χ2v) is 7.61. The lowest BCUT2D eigenvalue weighted by Gasteiger charge is -2.10. The number of oxazole rings is 1. The highest BCUT2D eigenvalue weighted by molar-refractivity contribution is 14.0. The van der Waals surface area contributed by atoms with Crippen molar-refractivity contribution in [3.05, 3.63) is 89.8 Å². The summed E-state index contributed by atoms with van der Waals surface area (Å²) >= 11 is 0. The van der Waals surface area contributed by atoms with Crippen molar-refractivity contribution in [2.75, 3.05) is 13.1 Å². The van der Waals surface area contributed by atoms with Crippen molar-refractivity contribution in [1.29, 1.82) is 0 Å². The molecular weight excluding hydrogens is 546 g/mol. The van der Waals surface area contributed by atoms with Crippen LogP contribution >= 0.6 is 24.0 Å². The van der Waals surface area contributed by atoms with E-state index in [1.54, 1.807) is 23.1 Å². The molecule has 0 spiro atoms. The zero-order valence-electron chi connectivity index (χ0n) is 19.2. The first-order valence-corrected chi connectivity index (χ1v) is 10.9. The molecule has 0 saturated heterocycles. The Morgan fingerprint density at radius 3 is 2.53 bits per heavy atom. The van der Waals surface area contributed by atoms with Gasteiger partial charge in [0.1, 0.15) is 17.8 Å². The first-order valence-electron chi connectivity index (χ1n) is 10.9. The molecule has 4 rings (SSSR count). The molecule has 0 unspecified atom stereocenters. The molecule has 0 aliphatic rings. The van der Waals surface area contributed by atoms with E-state index >= 15 is 0 Å². The maximum Gasteiger partial charge on any atom is 0.226 e. The number of nitrogens with one attached hydrogen (secondary N) is 2. The van der Waals surface area contributed by atoms with Gasteiger partial charge in [-0.15, -0.1) is 24.0 Å². The van der Waals surface area contributed by atoms with E-state index in [4.69, 9.17) is 4.42 Å². The number of hydrogen-bond acceptors (Lipinski definition) is 4. The minimum Gasteiger partial charge on any atom is -0.444 e. The second-order valence-electron chi connectivity index (χ2n) is 7.61. The maximum absolute atomic E-state index is 13.1. The monoisotopic (exact) mass is 574 g/mol. The minimum atomic E-state index is -0.262. The van der Waals surface area contributed by atoms with Crippen LogP contribution in [0, 0.1) is 12.7 Å². The highest BCUT2D eigenvalue weighted by Gasteiger charge is 2.07. The summed E-state index contributed by atoms with van der Waals surface area (Å²) in [5.74, 6) is 1.04. The van der Waals surface area contributed by atoms with Crippen LogP contribution in [0.1, 0.15) is 23.9 Å². The van der Waals surface area contributed by atoms with Crippen molar-refractivity contribution in [3.63, 3.8) is 0 Å². The quantitative estimate of drug-likeness (QED) is 0.178. The predicted molar refractivity (Wildman–Crippen MR) is 142 cm³/mol. The van der Waals surface area contributed by atoms with Crippen molar-refractivity contribution in [2.24, 2.45) is 4.99 Å². The van der Waals surface area contributed by atoms with Crippen LogP contribution in [0.5, 0.6) is 0 Å². The van der Waals surface area contributed by atoms with E-state index in [-0.39, 0.29) is 29.8 Å². The van der Waals surface area contributed by atoms with Crippen molar-refractivity contribution < 1.29 is 8.81 Å².